The van der Waals surface area contributed by atoms with Crippen LogP contribution >= 0.6 is 0 Å². The summed E-state index contributed by atoms with van der Waals surface area (Å²) in [7, 11) is 0. The molecule has 0 amide bonds. The predicted molar refractivity (Wildman–Crippen MR) is 94.2 cm³/mol. The lowest BCUT2D eigenvalue weighted by atomic mass is 9.97. The number of aromatic nitrogens is 1. The van der Waals surface area contributed by atoms with Gasteiger partial charge in [-0.3, -0.25) is 10.1 Å². The largest absolute Gasteiger partial charge is 0.461 e. The van der Waals surface area contributed by atoms with Crippen LogP contribution in [-0.2, 0) is 4.74 Å². The number of nitrogens with two attached hydrogens (primary N) is 1. The van der Waals surface area contributed by atoms with Gasteiger partial charge in [0.15, 0.2) is 5.69 Å². The zero-order chi connectivity index (χ0) is 18.0. The number of carbonyl (C=O) groups is 1. The van der Waals surface area contributed by atoms with Crippen LogP contribution in [0.15, 0.2) is 48.5 Å². The van der Waals surface area contributed by atoms with E-state index in [9.17, 15) is 14.9 Å². The van der Waals surface area contributed by atoms with E-state index < -0.39 is 10.9 Å². The second-order valence-electron chi connectivity index (χ2n) is 5.29. The Morgan fingerprint density at radius 3 is 2.60 bits per heavy atom. The van der Waals surface area contributed by atoms with Crippen molar-refractivity contribution in [3.63, 3.8) is 0 Å². The Kier molecular flexibility index (Phi) is 4.30. The van der Waals surface area contributed by atoms with E-state index in [1.54, 1.807) is 6.92 Å². The van der Waals surface area contributed by atoms with Crippen molar-refractivity contribution in [1.82, 2.24) is 4.98 Å². The van der Waals surface area contributed by atoms with Gasteiger partial charge in [-0.1, -0.05) is 30.3 Å². The Hall–Kier alpha value is -3.48. The molecule has 3 aromatic rings. The third kappa shape index (κ3) is 2.99. The van der Waals surface area contributed by atoms with Gasteiger partial charge in [0.2, 0.25) is 0 Å². The molecule has 0 atom stereocenters. The van der Waals surface area contributed by atoms with Crippen molar-refractivity contribution in [1.29, 1.82) is 0 Å². The third-order valence-corrected chi connectivity index (χ3v) is 3.75. The number of nitro benzene ring substituents is 1. The van der Waals surface area contributed by atoms with Gasteiger partial charge in [0.25, 0.3) is 5.69 Å². The molecule has 0 aliphatic heterocycles. The topological polar surface area (TPSA) is 108 Å². The summed E-state index contributed by atoms with van der Waals surface area (Å²) in [4.78, 5) is 27.1. The number of pyridine rings is 1. The van der Waals surface area contributed by atoms with Crippen LogP contribution in [0.25, 0.3) is 22.0 Å². The summed E-state index contributed by atoms with van der Waals surface area (Å²) in [5, 5.41) is 11.6. The van der Waals surface area contributed by atoms with Gasteiger partial charge in [-0.25, -0.2) is 9.78 Å². The SMILES string of the molecule is CCOC(=O)c1nc2ccc([N+](=O)[O-])cc2c(-c2ccccc2)c1N. The Morgan fingerprint density at radius 2 is 1.96 bits per heavy atom. The molecule has 3 rings (SSSR count). The molecule has 0 saturated carbocycles. The maximum Gasteiger partial charge on any atom is 0.359 e. The first kappa shape index (κ1) is 16.4. The van der Waals surface area contributed by atoms with E-state index in [-0.39, 0.29) is 23.7 Å². The Bertz CT molecular complexity index is 971. The first-order valence-corrected chi connectivity index (χ1v) is 7.63. The second-order valence-corrected chi connectivity index (χ2v) is 5.29. The molecule has 0 radical (unpaired) electrons. The van der Waals surface area contributed by atoms with E-state index in [0.717, 1.165) is 5.56 Å². The molecule has 0 unspecified atom stereocenters. The molecule has 1 aromatic heterocycles. The minimum Gasteiger partial charge on any atom is -0.461 e. The van der Waals surface area contributed by atoms with Gasteiger partial charge < -0.3 is 10.5 Å². The third-order valence-electron chi connectivity index (χ3n) is 3.75. The van der Waals surface area contributed by atoms with Crippen LogP contribution in [0.4, 0.5) is 11.4 Å². The van der Waals surface area contributed by atoms with Crippen LogP contribution in [0.1, 0.15) is 17.4 Å². The number of nitrogen functional groups attached to an aromatic ring is 1. The standard InChI is InChI=1S/C18H15N3O4/c1-2-25-18(22)17-16(19)15(11-6-4-3-5-7-11)13-10-12(21(23)24)8-9-14(13)20-17/h3-10H,2,19H2,1H3. The van der Waals surface area contributed by atoms with Gasteiger partial charge in [-0.05, 0) is 18.6 Å². The smallest absolute Gasteiger partial charge is 0.359 e. The molecular weight excluding hydrogens is 322 g/mol. The lowest BCUT2D eigenvalue weighted by Gasteiger charge is -2.13. The van der Waals surface area contributed by atoms with Gasteiger partial charge in [0.1, 0.15) is 0 Å². The van der Waals surface area contributed by atoms with Crippen molar-refractivity contribution in [3.8, 4) is 11.1 Å². The van der Waals surface area contributed by atoms with Crippen LogP contribution in [0, 0.1) is 10.1 Å². The molecule has 25 heavy (non-hydrogen) atoms. The minimum atomic E-state index is -0.627. The molecular formula is C18H15N3O4. The number of rotatable bonds is 4. The number of anilines is 1. The molecule has 7 heteroatoms. The number of esters is 1. The fourth-order valence-corrected chi connectivity index (χ4v) is 2.65. The van der Waals surface area contributed by atoms with Crippen LogP contribution in [0.3, 0.4) is 0 Å². The number of fused-ring (bicyclic) bond motifs is 1. The fourth-order valence-electron chi connectivity index (χ4n) is 2.65. The summed E-state index contributed by atoms with van der Waals surface area (Å²) in [6.45, 7) is 1.88. The Labute approximate surface area is 143 Å². The molecule has 0 aliphatic rings. The number of non-ortho nitro benzene ring substituents is 1. The van der Waals surface area contributed by atoms with Crippen LogP contribution in [0.2, 0.25) is 0 Å². The molecule has 0 aliphatic carbocycles. The Balaban J connectivity index is 2.37. The molecule has 0 fully saturated rings. The number of benzene rings is 2. The van der Waals surface area contributed by atoms with E-state index in [4.69, 9.17) is 10.5 Å². The molecule has 1 heterocycles. The average Bonchev–Trinajstić information content (AvgIpc) is 2.61. The first-order chi connectivity index (χ1) is 12.0. The van der Waals surface area contributed by atoms with Gasteiger partial charge in [0.05, 0.1) is 22.7 Å². The zero-order valence-corrected chi connectivity index (χ0v) is 13.4. The van der Waals surface area contributed by atoms with Crippen LogP contribution < -0.4 is 5.73 Å². The van der Waals surface area contributed by atoms with Gasteiger partial charge in [0, 0.05) is 23.1 Å². The van der Waals surface area contributed by atoms with Crippen LogP contribution in [-0.4, -0.2) is 22.5 Å². The summed E-state index contributed by atoms with van der Waals surface area (Å²) >= 11 is 0. The molecule has 2 N–H and O–H groups in total. The first-order valence-electron chi connectivity index (χ1n) is 7.63. The predicted octanol–water partition coefficient (Wildman–Crippen LogP) is 3.57. The number of hydrogen-bond donors (Lipinski definition) is 1. The lowest BCUT2D eigenvalue weighted by molar-refractivity contribution is -0.384. The highest BCUT2D eigenvalue weighted by Crippen LogP contribution is 2.36. The fraction of sp³-hybridized carbons (Fsp3) is 0.111. The van der Waals surface area contributed by atoms with Crippen molar-refractivity contribution in [2.75, 3.05) is 12.3 Å². The zero-order valence-electron chi connectivity index (χ0n) is 13.4. The summed E-state index contributed by atoms with van der Waals surface area (Å²) in [5.74, 6) is -0.627. The van der Waals surface area contributed by atoms with Gasteiger partial charge >= 0.3 is 5.97 Å². The maximum atomic E-state index is 12.2. The van der Waals surface area contributed by atoms with Gasteiger partial charge in [-0.15, -0.1) is 0 Å². The minimum absolute atomic E-state index is 0.00190. The van der Waals surface area contributed by atoms with Crippen molar-refractivity contribution in [3.05, 3.63) is 64.3 Å². The summed E-state index contributed by atoms with van der Waals surface area (Å²) in [6.07, 6.45) is 0. The molecule has 0 spiro atoms. The van der Waals surface area contributed by atoms with E-state index in [0.29, 0.717) is 16.5 Å². The number of carbonyl (C=O) groups excluding carboxylic acids is 1. The van der Waals surface area contributed by atoms with Crippen molar-refractivity contribution in [2.24, 2.45) is 0 Å². The highest BCUT2D eigenvalue weighted by Gasteiger charge is 2.21. The molecule has 2 aromatic carbocycles. The van der Waals surface area contributed by atoms with Crippen molar-refractivity contribution >= 4 is 28.2 Å². The summed E-state index contributed by atoms with van der Waals surface area (Å²) in [5.41, 5.74) is 7.96. The molecule has 0 bridgehead atoms. The van der Waals surface area contributed by atoms with E-state index in [2.05, 4.69) is 4.98 Å². The highest BCUT2D eigenvalue weighted by atomic mass is 16.6. The number of nitro groups is 1. The number of ether oxygens (including phenoxy) is 1. The van der Waals surface area contributed by atoms with E-state index in [1.807, 2.05) is 30.3 Å². The second kappa shape index (κ2) is 6.56. The van der Waals surface area contributed by atoms with Crippen molar-refractivity contribution in [2.45, 2.75) is 6.92 Å². The maximum absolute atomic E-state index is 12.2. The van der Waals surface area contributed by atoms with Crippen LogP contribution in [0.5, 0.6) is 0 Å². The van der Waals surface area contributed by atoms with Crippen molar-refractivity contribution < 1.29 is 14.5 Å². The number of hydrogen-bond acceptors (Lipinski definition) is 6. The normalized spacial score (nSPS) is 10.6. The quantitative estimate of drug-likeness (QED) is 0.443. The lowest BCUT2D eigenvalue weighted by Crippen LogP contribution is -2.12. The Morgan fingerprint density at radius 1 is 1.24 bits per heavy atom. The van der Waals surface area contributed by atoms with E-state index in [1.165, 1.54) is 18.2 Å². The molecule has 0 saturated heterocycles. The number of nitrogens with zero attached hydrogens (tertiary/aromatic N) is 2. The average molecular weight is 337 g/mol. The van der Waals surface area contributed by atoms with Gasteiger partial charge in [-0.2, -0.15) is 0 Å². The molecule has 126 valence electrons. The molecule has 7 nitrogen and oxygen atoms in total. The monoisotopic (exact) mass is 337 g/mol. The highest BCUT2D eigenvalue weighted by molar-refractivity contribution is 6.08. The summed E-state index contributed by atoms with van der Waals surface area (Å²) < 4.78 is 5.02. The summed E-state index contributed by atoms with van der Waals surface area (Å²) in [6, 6.07) is 13.4. The van der Waals surface area contributed by atoms with E-state index >= 15 is 0 Å².